The fraction of sp³-hybridized carbons (Fsp3) is 0.615. The third-order valence-electron chi connectivity index (χ3n) is 2.30. The van der Waals surface area contributed by atoms with Gasteiger partial charge in [0.15, 0.2) is 0 Å². The normalized spacial score (nSPS) is 9.80. The number of H-pyrrole nitrogens is 2. The van der Waals surface area contributed by atoms with Crippen molar-refractivity contribution in [2.75, 3.05) is 0 Å². The molecule has 7 nitrogen and oxygen atoms in total. The van der Waals surface area contributed by atoms with Gasteiger partial charge in [0.05, 0.1) is 6.04 Å². The molecule has 2 rings (SSSR count). The van der Waals surface area contributed by atoms with E-state index < -0.39 is 0 Å². The average molecular weight is 283 g/mol. The monoisotopic (exact) mass is 283 g/mol. The second kappa shape index (κ2) is 8.95. The van der Waals surface area contributed by atoms with Gasteiger partial charge in [0.1, 0.15) is 6.33 Å². The van der Waals surface area contributed by atoms with E-state index in [0.29, 0.717) is 0 Å². The largest absolute Gasteiger partial charge is 0.343 e. The zero-order valence-corrected chi connectivity index (χ0v) is 13.0. The van der Waals surface area contributed by atoms with E-state index >= 15 is 0 Å². The lowest BCUT2D eigenvalue weighted by Crippen LogP contribution is -2.19. The van der Waals surface area contributed by atoms with Gasteiger partial charge in [-0.25, -0.2) is 14.3 Å². The van der Waals surface area contributed by atoms with Crippen molar-refractivity contribution in [1.82, 2.24) is 24.3 Å². The molecular formula is C13H25N5O2. The molecular weight excluding hydrogens is 258 g/mol. The number of aromatic nitrogens is 5. The van der Waals surface area contributed by atoms with Crippen LogP contribution in [0, 0.1) is 0 Å². The van der Waals surface area contributed by atoms with E-state index in [9.17, 15) is 9.59 Å². The summed E-state index contributed by atoms with van der Waals surface area (Å²) in [5, 5.41) is 3.76. The Morgan fingerprint density at radius 3 is 1.80 bits per heavy atom. The number of nitrogens with zero attached hydrogens (tertiary/aromatic N) is 3. The summed E-state index contributed by atoms with van der Waals surface area (Å²) in [5.74, 6) is 0. The molecule has 0 bridgehead atoms. The van der Waals surface area contributed by atoms with Crippen molar-refractivity contribution in [2.45, 2.75) is 53.6 Å². The maximum absolute atomic E-state index is 10.8. The Balaban J connectivity index is 0.000000321. The molecule has 0 unspecified atom stereocenters. The molecule has 2 aromatic heterocycles. The molecule has 0 atom stereocenters. The van der Waals surface area contributed by atoms with Gasteiger partial charge in [0.2, 0.25) is 0 Å². The van der Waals surface area contributed by atoms with Crippen LogP contribution >= 0.6 is 0 Å². The van der Waals surface area contributed by atoms with Crippen molar-refractivity contribution in [3.05, 3.63) is 39.7 Å². The Morgan fingerprint density at radius 1 is 1.00 bits per heavy atom. The van der Waals surface area contributed by atoms with E-state index in [1.165, 1.54) is 11.0 Å². The average Bonchev–Trinajstić information content (AvgIpc) is 3.01. The van der Waals surface area contributed by atoms with Crippen molar-refractivity contribution < 1.29 is 0 Å². The van der Waals surface area contributed by atoms with Gasteiger partial charge in [-0.2, -0.15) is 5.10 Å². The van der Waals surface area contributed by atoms with Crippen LogP contribution in [0.25, 0.3) is 0 Å². The van der Waals surface area contributed by atoms with Crippen molar-refractivity contribution in [3.8, 4) is 0 Å². The van der Waals surface area contributed by atoms with Crippen LogP contribution < -0.4 is 11.4 Å². The van der Waals surface area contributed by atoms with Gasteiger partial charge in [-0.1, -0.05) is 13.8 Å². The first-order chi connectivity index (χ1) is 9.43. The molecule has 2 heterocycles. The summed E-state index contributed by atoms with van der Waals surface area (Å²) in [7, 11) is 0. The Hall–Kier alpha value is -2.05. The maximum Gasteiger partial charge on any atom is 0.343 e. The highest BCUT2D eigenvalue weighted by Crippen LogP contribution is 1.95. The Bertz CT molecular complexity index is 521. The topological polar surface area (TPSA) is 88.5 Å². The van der Waals surface area contributed by atoms with Gasteiger partial charge in [-0.15, -0.1) is 0 Å². The van der Waals surface area contributed by atoms with E-state index in [2.05, 4.69) is 15.1 Å². The molecule has 2 N–H and O–H groups in total. The molecule has 0 radical (unpaired) electrons. The minimum atomic E-state index is -0.148. The highest BCUT2D eigenvalue weighted by Gasteiger charge is 1.99. The Kier molecular flexibility index (Phi) is 8.03. The second-order valence-electron chi connectivity index (χ2n) is 4.40. The van der Waals surface area contributed by atoms with Crippen LogP contribution in [0.3, 0.4) is 0 Å². The van der Waals surface area contributed by atoms with Crippen LogP contribution in [0.1, 0.15) is 53.6 Å². The summed E-state index contributed by atoms with van der Waals surface area (Å²) in [6.45, 7) is 11.7. The van der Waals surface area contributed by atoms with Crippen LogP contribution in [-0.2, 0) is 0 Å². The number of hydrogen-bond acceptors (Lipinski definition) is 3. The molecule has 0 aliphatic carbocycles. The summed E-state index contributed by atoms with van der Waals surface area (Å²) < 4.78 is 3.03. The molecule has 0 amide bonds. The van der Waals surface area contributed by atoms with Gasteiger partial charge >= 0.3 is 11.4 Å². The quantitative estimate of drug-likeness (QED) is 0.882. The summed E-state index contributed by atoms with van der Waals surface area (Å²) >= 11 is 0. The summed E-state index contributed by atoms with van der Waals surface area (Å²) in [6, 6.07) is 0.396. The minimum Gasteiger partial charge on any atom is -0.313 e. The highest BCUT2D eigenvalue weighted by atomic mass is 16.2. The van der Waals surface area contributed by atoms with Crippen LogP contribution in [0.4, 0.5) is 0 Å². The first-order valence-electron chi connectivity index (χ1n) is 6.81. The molecule has 2 aromatic rings. The Labute approximate surface area is 118 Å². The molecule has 0 aliphatic rings. The number of rotatable bonds is 2. The highest BCUT2D eigenvalue weighted by molar-refractivity contribution is 4.78. The number of imidazole rings is 1. The van der Waals surface area contributed by atoms with Crippen LogP contribution in [-0.4, -0.2) is 24.3 Å². The van der Waals surface area contributed by atoms with Crippen molar-refractivity contribution in [1.29, 1.82) is 0 Å². The molecule has 0 saturated carbocycles. The number of aromatic amines is 2. The van der Waals surface area contributed by atoms with E-state index in [-0.39, 0.29) is 23.5 Å². The van der Waals surface area contributed by atoms with Gasteiger partial charge in [0, 0.05) is 18.4 Å². The molecule has 0 spiro atoms. The lowest BCUT2D eigenvalue weighted by molar-refractivity contribution is 0.514. The van der Waals surface area contributed by atoms with E-state index in [1.807, 2.05) is 41.5 Å². The minimum absolute atomic E-state index is 0.0370. The molecule has 0 aromatic carbocycles. The molecule has 20 heavy (non-hydrogen) atoms. The number of hydrogen-bond donors (Lipinski definition) is 2. The first-order valence-corrected chi connectivity index (χ1v) is 6.81. The predicted octanol–water partition coefficient (Wildman–Crippen LogP) is 1.94. The zero-order chi connectivity index (χ0) is 15.7. The zero-order valence-electron chi connectivity index (χ0n) is 13.0. The number of nitrogens with one attached hydrogen (secondary N) is 2. The molecule has 0 fully saturated rings. The molecule has 114 valence electrons. The third-order valence-corrected chi connectivity index (χ3v) is 2.30. The summed E-state index contributed by atoms with van der Waals surface area (Å²) in [5.41, 5.74) is -0.185. The SMILES string of the molecule is CC.CC(C)n1cc[nH]c1=O.CC(C)n1nc[nH]c1=O. The van der Waals surface area contributed by atoms with Crippen molar-refractivity contribution in [2.24, 2.45) is 0 Å². The van der Waals surface area contributed by atoms with Crippen LogP contribution in [0.5, 0.6) is 0 Å². The van der Waals surface area contributed by atoms with Crippen LogP contribution in [0.15, 0.2) is 28.3 Å². The molecule has 0 saturated heterocycles. The summed E-state index contributed by atoms with van der Waals surface area (Å²) in [4.78, 5) is 26.5. The summed E-state index contributed by atoms with van der Waals surface area (Å²) in [6.07, 6.45) is 4.78. The lowest BCUT2D eigenvalue weighted by atomic mass is 10.4. The third kappa shape index (κ3) is 5.29. The predicted molar refractivity (Wildman–Crippen MR) is 80.0 cm³/mol. The fourth-order valence-corrected chi connectivity index (χ4v) is 1.37. The second-order valence-corrected chi connectivity index (χ2v) is 4.40. The van der Waals surface area contributed by atoms with Gasteiger partial charge < -0.3 is 4.98 Å². The standard InChI is InChI=1S/C6H10N2O.C5H9N3O.C2H6/c1-5(2)8-4-3-7-6(8)9;1-4(2)8-5(9)6-3-7-8;1-2/h3-5H,1-2H3,(H,7,9);3-4H,1-2H3,(H,6,7,9);1-2H3. The van der Waals surface area contributed by atoms with E-state index in [1.54, 1.807) is 17.0 Å². The first kappa shape index (κ1) is 17.9. The van der Waals surface area contributed by atoms with Crippen molar-refractivity contribution >= 4 is 0 Å². The van der Waals surface area contributed by atoms with E-state index in [4.69, 9.17) is 0 Å². The maximum atomic E-state index is 10.8. The molecule has 7 heteroatoms. The van der Waals surface area contributed by atoms with Gasteiger partial charge in [-0.3, -0.25) is 9.55 Å². The van der Waals surface area contributed by atoms with Crippen molar-refractivity contribution in [3.63, 3.8) is 0 Å². The molecule has 0 aliphatic heterocycles. The van der Waals surface area contributed by atoms with E-state index in [0.717, 1.165) is 0 Å². The fourth-order valence-electron chi connectivity index (χ4n) is 1.37. The smallest absolute Gasteiger partial charge is 0.313 e. The van der Waals surface area contributed by atoms with Crippen LogP contribution in [0.2, 0.25) is 0 Å². The Morgan fingerprint density at radius 2 is 1.60 bits per heavy atom. The lowest BCUT2D eigenvalue weighted by Gasteiger charge is -2.01. The van der Waals surface area contributed by atoms with Gasteiger partial charge in [-0.05, 0) is 27.7 Å². The van der Waals surface area contributed by atoms with Gasteiger partial charge in [0.25, 0.3) is 0 Å².